The summed E-state index contributed by atoms with van der Waals surface area (Å²) in [7, 11) is 0. The van der Waals surface area contributed by atoms with Gasteiger partial charge in [-0.2, -0.15) is 13.2 Å². The van der Waals surface area contributed by atoms with Crippen LogP contribution in [-0.4, -0.2) is 11.3 Å². The summed E-state index contributed by atoms with van der Waals surface area (Å²) in [6, 6.07) is 9.80. The Morgan fingerprint density at radius 2 is 1.83 bits per heavy atom. The summed E-state index contributed by atoms with van der Waals surface area (Å²) < 4.78 is 39.7. The van der Waals surface area contributed by atoms with Gasteiger partial charge in [0.05, 0.1) is 11.3 Å². The van der Waals surface area contributed by atoms with Gasteiger partial charge < -0.3 is 4.84 Å². The maximum Gasteiger partial charge on any atom is 0.416 e. The monoisotopic (exact) mass is 323 g/mol. The highest BCUT2D eigenvalue weighted by molar-refractivity contribution is 5.60. The number of halogens is 3. The summed E-state index contributed by atoms with van der Waals surface area (Å²) >= 11 is 0. The lowest BCUT2D eigenvalue weighted by Crippen LogP contribution is -2.29. The van der Waals surface area contributed by atoms with Crippen LogP contribution in [0.2, 0.25) is 0 Å². The number of alkyl halides is 3. The van der Waals surface area contributed by atoms with Gasteiger partial charge in [0, 0.05) is 11.6 Å². The van der Waals surface area contributed by atoms with Crippen molar-refractivity contribution in [1.82, 2.24) is 4.73 Å². The fourth-order valence-corrected chi connectivity index (χ4v) is 2.02. The molecule has 122 valence electrons. The van der Waals surface area contributed by atoms with Gasteiger partial charge in [0.2, 0.25) is 0 Å². The van der Waals surface area contributed by atoms with Gasteiger partial charge in [0.1, 0.15) is 6.61 Å². The van der Waals surface area contributed by atoms with Crippen molar-refractivity contribution in [2.75, 3.05) is 6.61 Å². The molecule has 0 spiro atoms. The Kier molecular flexibility index (Phi) is 5.26. The first-order valence-corrected chi connectivity index (χ1v) is 7.11. The molecule has 1 aromatic carbocycles. The first-order valence-electron chi connectivity index (χ1n) is 7.11. The Hall–Kier alpha value is -2.50. The van der Waals surface area contributed by atoms with Gasteiger partial charge in [-0.25, -0.2) is 0 Å². The van der Waals surface area contributed by atoms with Crippen LogP contribution in [0, 0.1) is 0 Å². The first-order chi connectivity index (χ1) is 10.9. The van der Waals surface area contributed by atoms with Crippen molar-refractivity contribution in [3.63, 3.8) is 0 Å². The summed E-state index contributed by atoms with van der Waals surface area (Å²) in [5.41, 5.74) is -1.32. The zero-order chi connectivity index (χ0) is 16.9. The molecular weight excluding hydrogens is 307 g/mol. The number of benzene rings is 1. The third kappa shape index (κ3) is 4.25. The Labute approximate surface area is 131 Å². The fraction of sp³-hybridized carbons (Fsp3) is 0.235. The second-order valence-electron chi connectivity index (χ2n) is 4.80. The zero-order valence-corrected chi connectivity index (χ0v) is 12.5. The minimum Gasteiger partial charge on any atom is -0.406 e. The zero-order valence-electron chi connectivity index (χ0n) is 12.5. The van der Waals surface area contributed by atoms with Gasteiger partial charge >= 0.3 is 6.18 Å². The molecule has 0 aliphatic carbocycles. The molecule has 0 fully saturated rings. The molecule has 0 aliphatic rings. The third-order valence-electron chi connectivity index (χ3n) is 3.09. The quantitative estimate of drug-likeness (QED) is 0.781. The van der Waals surface area contributed by atoms with E-state index in [0.29, 0.717) is 11.6 Å². The van der Waals surface area contributed by atoms with E-state index >= 15 is 0 Å². The SMILES string of the molecule is CC/C=C/COn1c(-c2ccccc2)cc(C(F)(F)F)cc1=O. The average molecular weight is 323 g/mol. The van der Waals surface area contributed by atoms with Gasteiger partial charge in [0.25, 0.3) is 5.56 Å². The lowest BCUT2D eigenvalue weighted by atomic mass is 10.1. The van der Waals surface area contributed by atoms with Gasteiger partial charge in [-0.15, -0.1) is 4.73 Å². The van der Waals surface area contributed by atoms with Gasteiger partial charge in [-0.1, -0.05) is 43.3 Å². The van der Waals surface area contributed by atoms with E-state index in [9.17, 15) is 18.0 Å². The molecule has 1 aromatic heterocycles. The number of pyridine rings is 1. The molecule has 3 nitrogen and oxygen atoms in total. The van der Waals surface area contributed by atoms with Crippen molar-refractivity contribution in [3.05, 3.63) is 70.5 Å². The van der Waals surface area contributed by atoms with Gasteiger partial charge in [-0.3, -0.25) is 4.79 Å². The highest BCUT2D eigenvalue weighted by atomic mass is 19.4. The van der Waals surface area contributed by atoms with Crippen molar-refractivity contribution in [2.24, 2.45) is 0 Å². The van der Waals surface area contributed by atoms with Crippen molar-refractivity contribution in [1.29, 1.82) is 0 Å². The van der Waals surface area contributed by atoms with Crippen LogP contribution in [0.5, 0.6) is 0 Å². The molecule has 0 saturated heterocycles. The summed E-state index contributed by atoms with van der Waals surface area (Å²) in [5, 5.41) is 0. The summed E-state index contributed by atoms with van der Waals surface area (Å²) in [6.07, 6.45) is -0.239. The molecule has 0 atom stereocenters. The maximum atomic E-state index is 12.9. The number of rotatable bonds is 5. The number of aromatic nitrogens is 1. The topological polar surface area (TPSA) is 31.2 Å². The molecule has 0 N–H and O–H groups in total. The Bertz CT molecular complexity index is 734. The smallest absolute Gasteiger partial charge is 0.406 e. The molecule has 0 saturated carbocycles. The lowest BCUT2D eigenvalue weighted by Gasteiger charge is -2.15. The van der Waals surface area contributed by atoms with Gasteiger partial charge in [0.15, 0.2) is 0 Å². The van der Waals surface area contributed by atoms with Crippen LogP contribution in [0.3, 0.4) is 0 Å². The second kappa shape index (κ2) is 7.17. The summed E-state index contributed by atoms with van der Waals surface area (Å²) in [6.45, 7) is 2.04. The Morgan fingerprint density at radius 3 is 2.43 bits per heavy atom. The molecule has 1 heterocycles. The van der Waals surface area contributed by atoms with E-state index in [1.807, 2.05) is 13.0 Å². The van der Waals surface area contributed by atoms with E-state index in [-0.39, 0.29) is 12.3 Å². The van der Waals surface area contributed by atoms with Crippen LogP contribution >= 0.6 is 0 Å². The lowest BCUT2D eigenvalue weighted by molar-refractivity contribution is -0.137. The first kappa shape index (κ1) is 16.9. The Morgan fingerprint density at radius 1 is 1.13 bits per heavy atom. The molecule has 2 rings (SSSR count). The third-order valence-corrected chi connectivity index (χ3v) is 3.09. The second-order valence-corrected chi connectivity index (χ2v) is 4.80. The van der Waals surface area contributed by atoms with E-state index in [1.165, 1.54) is 0 Å². The normalized spacial score (nSPS) is 11.8. The largest absolute Gasteiger partial charge is 0.416 e. The maximum absolute atomic E-state index is 12.9. The van der Waals surface area contributed by atoms with Crippen LogP contribution in [-0.2, 0) is 6.18 Å². The van der Waals surface area contributed by atoms with Gasteiger partial charge in [-0.05, 0) is 18.6 Å². The van der Waals surface area contributed by atoms with E-state index in [1.54, 1.807) is 36.4 Å². The standard InChI is InChI=1S/C17H16F3NO2/c1-2-3-7-10-23-21-15(13-8-5-4-6-9-13)11-14(12-16(21)22)17(18,19)20/h3-9,11-12H,2,10H2,1H3/b7-3+. The highest BCUT2D eigenvalue weighted by Crippen LogP contribution is 2.30. The molecule has 2 aromatic rings. The van der Waals surface area contributed by atoms with E-state index in [0.717, 1.165) is 17.2 Å². The number of hydrogen-bond donors (Lipinski definition) is 0. The minimum absolute atomic E-state index is 0.0651. The van der Waals surface area contributed by atoms with Crippen molar-refractivity contribution in [3.8, 4) is 11.3 Å². The summed E-state index contributed by atoms with van der Waals surface area (Å²) in [5.74, 6) is 0. The molecule has 6 heteroatoms. The molecule has 0 radical (unpaired) electrons. The van der Waals surface area contributed by atoms with Crippen LogP contribution in [0.1, 0.15) is 18.9 Å². The molecular formula is C17H16F3NO2. The Balaban J connectivity index is 2.51. The van der Waals surface area contributed by atoms with E-state index < -0.39 is 17.3 Å². The number of nitrogens with zero attached hydrogens (tertiary/aromatic N) is 1. The molecule has 0 amide bonds. The van der Waals surface area contributed by atoms with Crippen LogP contribution in [0.15, 0.2) is 59.4 Å². The van der Waals surface area contributed by atoms with Crippen molar-refractivity contribution in [2.45, 2.75) is 19.5 Å². The molecule has 23 heavy (non-hydrogen) atoms. The van der Waals surface area contributed by atoms with Crippen LogP contribution in [0.4, 0.5) is 13.2 Å². The number of hydrogen-bond acceptors (Lipinski definition) is 2. The summed E-state index contributed by atoms with van der Waals surface area (Å²) in [4.78, 5) is 17.4. The number of allylic oxidation sites excluding steroid dienone is 1. The molecule has 0 unspecified atom stereocenters. The molecule has 0 aliphatic heterocycles. The predicted molar refractivity (Wildman–Crippen MR) is 82.0 cm³/mol. The van der Waals surface area contributed by atoms with E-state index in [4.69, 9.17) is 4.84 Å². The van der Waals surface area contributed by atoms with Crippen molar-refractivity contribution >= 4 is 0 Å². The average Bonchev–Trinajstić information content (AvgIpc) is 2.52. The molecule has 0 bridgehead atoms. The highest BCUT2D eigenvalue weighted by Gasteiger charge is 2.32. The van der Waals surface area contributed by atoms with Crippen LogP contribution in [0.25, 0.3) is 11.3 Å². The predicted octanol–water partition coefficient (Wildman–Crippen LogP) is 3.93. The van der Waals surface area contributed by atoms with Crippen molar-refractivity contribution < 1.29 is 18.0 Å². The fourth-order valence-electron chi connectivity index (χ4n) is 2.02. The minimum atomic E-state index is -4.59. The van der Waals surface area contributed by atoms with Crippen LogP contribution < -0.4 is 10.4 Å². The van der Waals surface area contributed by atoms with E-state index in [2.05, 4.69) is 0 Å².